The van der Waals surface area contributed by atoms with Crippen LogP contribution in [-0.4, -0.2) is 37.5 Å². The van der Waals surface area contributed by atoms with Gasteiger partial charge in [0, 0.05) is 18.8 Å². The number of rotatable bonds is 6. The predicted molar refractivity (Wildman–Crippen MR) is 74.0 cm³/mol. The highest BCUT2D eigenvalue weighted by atomic mass is 16.5. The van der Waals surface area contributed by atoms with E-state index in [1.54, 1.807) is 6.08 Å². The molecule has 0 radical (unpaired) electrons. The average molecular weight is 247 g/mol. The molecular formula is C15H21NO2. The zero-order valence-corrected chi connectivity index (χ0v) is 10.7. The van der Waals surface area contributed by atoms with Crippen molar-refractivity contribution in [1.29, 1.82) is 0 Å². The Balaban J connectivity index is 1.92. The third-order valence-electron chi connectivity index (χ3n) is 3.18. The third kappa shape index (κ3) is 3.34. The number of β-amino-alcohol motifs (C(OH)–C–C–N with tert-alkyl or cyclic N) is 1. The van der Waals surface area contributed by atoms with Crippen molar-refractivity contribution in [3.05, 3.63) is 42.5 Å². The maximum atomic E-state index is 9.95. The zero-order chi connectivity index (χ0) is 12.8. The molecule has 0 amide bonds. The van der Waals surface area contributed by atoms with Crippen molar-refractivity contribution in [1.82, 2.24) is 0 Å². The first-order chi connectivity index (χ1) is 8.81. The molecule has 1 aromatic carbocycles. The standard InChI is InChI=1S/C15H21NO2/c1-2-10-18-12-14(17)11-16-9-5-7-13-6-3-4-8-15(13)16/h2-4,6,8,14,17H,1,5,7,9-12H2. The lowest BCUT2D eigenvalue weighted by Crippen LogP contribution is -2.38. The highest BCUT2D eigenvalue weighted by Gasteiger charge is 2.18. The van der Waals surface area contributed by atoms with E-state index in [2.05, 4.69) is 35.7 Å². The Labute approximate surface area is 109 Å². The number of aryl methyl sites for hydroxylation is 1. The smallest absolute Gasteiger partial charge is 0.0948 e. The van der Waals surface area contributed by atoms with Crippen LogP contribution in [0.4, 0.5) is 5.69 Å². The van der Waals surface area contributed by atoms with Gasteiger partial charge in [0.2, 0.25) is 0 Å². The molecule has 1 unspecified atom stereocenters. The third-order valence-corrected chi connectivity index (χ3v) is 3.18. The second-order valence-electron chi connectivity index (χ2n) is 4.66. The molecule has 1 heterocycles. The minimum Gasteiger partial charge on any atom is -0.389 e. The van der Waals surface area contributed by atoms with E-state index in [0.29, 0.717) is 19.8 Å². The molecule has 18 heavy (non-hydrogen) atoms. The molecule has 1 aliphatic rings. The van der Waals surface area contributed by atoms with Crippen LogP contribution in [0.15, 0.2) is 36.9 Å². The molecule has 3 nitrogen and oxygen atoms in total. The van der Waals surface area contributed by atoms with Gasteiger partial charge in [-0.3, -0.25) is 0 Å². The second kappa shape index (κ2) is 6.57. The molecular weight excluding hydrogens is 226 g/mol. The minimum absolute atomic E-state index is 0.366. The lowest BCUT2D eigenvalue weighted by molar-refractivity contribution is 0.0530. The van der Waals surface area contributed by atoms with Gasteiger partial charge in [0.1, 0.15) is 0 Å². The van der Waals surface area contributed by atoms with E-state index < -0.39 is 6.10 Å². The van der Waals surface area contributed by atoms with Gasteiger partial charge in [-0.25, -0.2) is 0 Å². The van der Waals surface area contributed by atoms with Gasteiger partial charge in [0.25, 0.3) is 0 Å². The van der Waals surface area contributed by atoms with Crippen molar-refractivity contribution in [3.63, 3.8) is 0 Å². The predicted octanol–water partition coefficient (Wildman–Crippen LogP) is 2.00. The van der Waals surface area contributed by atoms with E-state index in [4.69, 9.17) is 4.74 Å². The summed E-state index contributed by atoms with van der Waals surface area (Å²) in [4.78, 5) is 2.25. The molecule has 1 N–H and O–H groups in total. The van der Waals surface area contributed by atoms with Gasteiger partial charge < -0.3 is 14.7 Å². The van der Waals surface area contributed by atoms with E-state index in [9.17, 15) is 5.11 Å². The van der Waals surface area contributed by atoms with E-state index in [0.717, 1.165) is 19.4 Å². The largest absolute Gasteiger partial charge is 0.389 e. The number of nitrogens with zero attached hydrogens (tertiary/aromatic N) is 1. The zero-order valence-electron chi connectivity index (χ0n) is 10.7. The van der Waals surface area contributed by atoms with Crippen molar-refractivity contribution in [2.45, 2.75) is 18.9 Å². The minimum atomic E-state index is -0.448. The first kappa shape index (κ1) is 13.1. The molecule has 0 fully saturated rings. The molecule has 2 rings (SSSR count). The first-order valence-corrected chi connectivity index (χ1v) is 6.51. The lowest BCUT2D eigenvalue weighted by atomic mass is 10.0. The number of para-hydroxylation sites is 1. The number of anilines is 1. The molecule has 0 saturated heterocycles. The van der Waals surface area contributed by atoms with Gasteiger partial charge in [-0.2, -0.15) is 0 Å². The number of ether oxygens (including phenoxy) is 1. The molecule has 1 aliphatic heterocycles. The van der Waals surface area contributed by atoms with Gasteiger partial charge in [-0.15, -0.1) is 6.58 Å². The Kier molecular flexibility index (Phi) is 4.79. The number of hydrogen-bond donors (Lipinski definition) is 1. The van der Waals surface area contributed by atoms with Gasteiger partial charge in [-0.1, -0.05) is 24.3 Å². The molecule has 98 valence electrons. The molecule has 1 atom stereocenters. The van der Waals surface area contributed by atoms with Crippen LogP contribution in [0.1, 0.15) is 12.0 Å². The quantitative estimate of drug-likeness (QED) is 0.616. The summed E-state index contributed by atoms with van der Waals surface area (Å²) < 4.78 is 5.28. The summed E-state index contributed by atoms with van der Waals surface area (Å²) in [6, 6.07) is 8.43. The highest BCUT2D eigenvalue weighted by molar-refractivity contribution is 5.55. The Morgan fingerprint density at radius 2 is 2.28 bits per heavy atom. The Morgan fingerprint density at radius 3 is 3.11 bits per heavy atom. The monoisotopic (exact) mass is 247 g/mol. The van der Waals surface area contributed by atoms with Crippen LogP contribution in [0.25, 0.3) is 0 Å². The second-order valence-corrected chi connectivity index (χ2v) is 4.66. The van der Waals surface area contributed by atoms with Gasteiger partial charge in [0.15, 0.2) is 0 Å². The summed E-state index contributed by atoms with van der Waals surface area (Å²) in [6.07, 6.45) is 3.53. The number of fused-ring (bicyclic) bond motifs is 1. The van der Waals surface area contributed by atoms with E-state index in [-0.39, 0.29) is 0 Å². The molecule has 3 heteroatoms. The summed E-state index contributed by atoms with van der Waals surface area (Å²) in [5.41, 5.74) is 2.63. The SMILES string of the molecule is C=CCOCC(O)CN1CCCc2ccccc21. The molecule has 0 aliphatic carbocycles. The fourth-order valence-corrected chi connectivity index (χ4v) is 2.40. The maximum Gasteiger partial charge on any atom is 0.0948 e. The maximum absolute atomic E-state index is 9.95. The lowest BCUT2D eigenvalue weighted by Gasteiger charge is -2.32. The molecule has 1 aromatic rings. The fraction of sp³-hybridized carbons (Fsp3) is 0.467. The van der Waals surface area contributed by atoms with Gasteiger partial charge in [0.05, 0.1) is 19.3 Å². The van der Waals surface area contributed by atoms with Crippen LogP contribution < -0.4 is 4.90 Å². The topological polar surface area (TPSA) is 32.7 Å². The van der Waals surface area contributed by atoms with E-state index in [1.807, 2.05) is 0 Å². The Hall–Kier alpha value is -1.32. The van der Waals surface area contributed by atoms with Gasteiger partial charge in [-0.05, 0) is 24.5 Å². The summed E-state index contributed by atoms with van der Waals surface area (Å²) in [7, 11) is 0. The average Bonchev–Trinajstić information content (AvgIpc) is 2.39. The van der Waals surface area contributed by atoms with Gasteiger partial charge >= 0.3 is 0 Å². The summed E-state index contributed by atoms with van der Waals surface area (Å²) >= 11 is 0. The van der Waals surface area contributed by atoms with Crippen molar-refractivity contribution >= 4 is 5.69 Å². The first-order valence-electron chi connectivity index (χ1n) is 6.51. The number of aliphatic hydroxyl groups is 1. The molecule has 0 saturated carbocycles. The van der Waals surface area contributed by atoms with Crippen LogP contribution in [0.2, 0.25) is 0 Å². The summed E-state index contributed by atoms with van der Waals surface area (Å²) in [5.74, 6) is 0. The molecule has 0 bridgehead atoms. The summed E-state index contributed by atoms with van der Waals surface area (Å²) in [6.45, 7) is 6.09. The Bertz CT molecular complexity index is 392. The highest BCUT2D eigenvalue weighted by Crippen LogP contribution is 2.26. The van der Waals surface area contributed by atoms with Crippen LogP contribution >= 0.6 is 0 Å². The van der Waals surface area contributed by atoms with Crippen molar-refractivity contribution in [2.24, 2.45) is 0 Å². The van der Waals surface area contributed by atoms with Crippen molar-refractivity contribution < 1.29 is 9.84 Å². The van der Waals surface area contributed by atoms with Crippen LogP contribution in [0.5, 0.6) is 0 Å². The van der Waals surface area contributed by atoms with Crippen LogP contribution in [0.3, 0.4) is 0 Å². The Morgan fingerprint density at radius 1 is 1.44 bits per heavy atom. The normalized spacial score (nSPS) is 16.2. The van der Waals surface area contributed by atoms with Crippen LogP contribution in [-0.2, 0) is 11.2 Å². The van der Waals surface area contributed by atoms with E-state index in [1.165, 1.54) is 11.3 Å². The fourth-order valence-electron chi connectivity index (χ4n) is 2.40. The molecule has 0 spiro atoms. The number of hydrogen-bond acceptors (Lipinski definition) is 3. The summed E-state index contributed by atoms with van der Waals surface area (Å²) in [5, 5.41) is 9.95. The van der Waals surface area contributed by atoms with Crippen LogP contribution in [0, 0.1) is 0 Å². The molecule has 0 aromatic heterocycles. The van der Waals surface area contributed by atoms with Crippen molar-refractivity contribution in [3.8, 4) is 0 Å². The number of benzene rings is 1. The van der Waals surface area contributed by atoms with E-state index >= 15 is 0 Å². The number of aliphatic hydroxyl groups excluding tert-OH is 1. The van der Waals surface area contributed by atoms with Crippen molar-refractivity contribution in [2.75, 3.05) is 31.2 Å².